The fourth-order valence-corrected chi connectivity index (χ4v) is 5.17. The van der Waals surface area contributed by atoms with E-state index in [0.717, 1.165) is 48.6 Å². The highest BCUT2D eigenvalue weighted by Crippen LogP contribution is 2.37. The van der Waals surface area contributed by atoms with Crippen molar-refractivity contribution in [2.24, 2.45) is 5.92 Å². The maximum absolute atomic E-state index is 12.4. The van der Waals surface area contributed by atoms with Crippen molar-refractivity contribution in [1.29, 1.82) is 0 Å². The minimum absolute atomic E-state index is 0.0482. The van der Waals surface area contributed by atoms with Crippen LogP contribution in [0.4, 0.5) is 0 Å². The zero-order chi connectivity index (χ0) is 23.7. The Morgan fingerprint density at radius 3 is 2.68 bits per heavy atom. The Morgan fingerprint density at radius 2 is 1.94 bits per heavy atom. The average Bonchev–Trinajstić information content (AvgIpc) is 3.17. The van der Waals surface area contributed by atoms with Gasteiger partial charge in [-0.2, -0.15) is 0 Å². The molecule has 2 aliphatic rings. The molecule has 8 heteroatoms. The second-order valence-corrected chi connectivity index (χ2v) is 10.0. The van der Waals surface area contributed by atoms with Crippen molar-refractivity contribution < 1.29 is 9.53 Å². The number of benzene rings is 1. The lowest BCUT2D eigenvalue weighted by atomic mass is 9.86. The van der Waals surface area contributed by atoms with Gasteiger partial charge in [-0.25, -0.2) is 4.98 Å². The molecule has 3 aromatic rings. The number of carbonyl (C=O) groups excluding carboxylic acids is 1. The lowest BCUT2D eigenvalue weighted by Gasteiger charge is -2.28. The first-order valence-electron chi connectivity index (χ1n) is 12.1. The van der Waals surface area contributed by atoms with Crippen LogP contribution in [0.2, 0.25) is 5.02 Å². The second-order valence-electron chi connectivity index (χ2n) is 9.61. The van der Waals surface area contributed by atoms with E-state index in [0.29, 0.717) is 29.7 Å². The molecule has 0 unspecified atom stereocenters. The number of rotatable bonds is 5. The molecule has 0 spiro atoms. The molecular formula is C26H30ClN5O2. The van der Waals surface area contributed by atoms with Crippen LogP contribution >= 0.6 is 11.6 Å². The predicted molar refractivity (Wildman–Crippen MR) is 130 cm³/mol. The van der Waals surface area contributed by atoms with E-state index in [1.165, 1.54) is 0 Å². The summed E-state index contributed by atoms with van der Waals surface area (Å²) in [6, 6.07) is 11.7. The highest BCUT2D eigenvalue weighted by molar-refractivity contribution is 6.30. The van der Waals surface area contributed by atoms with Gasteiger partial charge in [-0.15, -0.1) is 10.2 Å². The Bertz CT molecular complexity index is 1160. The zero-order valence-electron chi connectivity index (χ0n) is 19.6. The molecule has 0 radical (unpaired) electrons. The summed E-state index contributed by atoms with van der Waals surface area (Å²) < 4.78 is 8.29. The third kappa shape index (κ3) is 4.80. The highest BCUT2D eigenvalue weighted by atomic mass is 35.5. The summed E-state index contributed by atoms with van der Waals surface area (Å²) in [7, 11) is 0. The van der Waals surface area contributed by atoms with E-state index in [4.69, 9.17) is 16.3 Å². The molecule has 34 heavy (non-hydrogen) atoms. The summed E-state index contributed by atoms with van der Waals surface area (Å²) >= 11 is 6.36. The number of carbonyl (C=O) groups is 1. The molecule has 178 valence electrons. The first-order chi connectivity index (χ1) is 16.5. The van der Waals surface area contributed by atoms with E-state index >= 15 is 0 Å². The van der Waals surface area contributed by atoms with Crippen LogP contribution in [0.5, 0.6) is 5.88 Å². The Balaban J connectivity index is 1.38. The van der Waals surface area contributed by atoms with E-state index in [9.17, 15) is 4.79 Å². The number of hydrogen-bond donors (Lipinski definition) is 1. The summed E-state index contributed by atoms with van der Waals surface area (Å²) in [4.78, 5) is 16.7. The number of ether oxygens (including phenoxy) is 1. The number of amides is 1. The maximum Gasteiger partial charge on any atom is 0.222 e. The van der Waals surface area contributed by atoms with Crippen LogP contribution in [-0.2, 0) is 17.6 Å². The highest BCUT2D eigenvalue weighted by Gasteiger charge is 2.32. The Hall–Kier alpha value is -2.93. The van der Waals surface area contributed by atoms with Gasteiger partial charge in [0.1, 0.15) is 17.8 Å². The lowest BCUT2D eigenvalue weighted by molar-refractivity contribution is -0.124. The van der Waals surface area contributed by atoms with Crippen LogP contribution in [0, 0.1) is 5.92 Å². The number of aromatic nitrogens is 4. The predicted octanol–water partition coefficient (Wildman–Crippen LogP) is 4.66. The zero-order valence-corrected chi connectivity index (χ0v) is 20.3. The summed E-state index contributed by atoms with van der Waals surface area (Å²) in [6.45, 7) is 3.82. The van der Waals surface area contributed by atoms with E-state index in [1.54, 1.807) is 6.20 Å². The SMILES string of the molecule is CC(C)C(=O)N[C@H]1Cc2cc(Cl)ccc2-n2c(nnc2[C@H]2CC[C@H](Oc3ccccn3)CC2)C1. The number of hydrogen-bond acceptors (Lipinski definition) is 5. The van der Waals surface area contributed by atoms with Crippen molar-refractivity contribution in [3.8, 4) is 11.6 Å². The first kappa shape index (κ1) is 22.8. The van der Waals surface area contributed by atoms with E-state index in [-0.39, 0.29) is 24.0 Å². The van der Waals surface area contributed by atoms with E-state index in [2.05, 4.69) is 31.1 Å². The molecule has 1 fully saturated rings. The van der Waals surface area contributed by atoms with Gasteiger partial charge in [-0.05, 0) is 61.9 Å². The van der Waals surface area contributed by atoms with Crippen molar-refractivity contribution in [1.82, 2.24) is 25.1 Å². The molecule has 0 bridgehead atoms. The van der Waals surface area contributed by atoms with Crippen molar-refractivity contribution in [3.05, 3.63) is 64.8 Å². The molecule has 2 aromatic heterocycles. The van der Waals surface area contributed by atoms with Crippen LogP contribution < -0.4 is 10.1 Å². The fourth-order valence-electron chi connectivity index (χ4n) is 4.98. The third-order valence-electron chi connectivity index (χ3n) is 6.77. The van der Waals surface area contributed by atoms with Gasteiger partial charge in [0, 0.05) is 41.6 Å². The molecule has 1 aromatic carbocycles. The Morgan fingerprint density at radius 1 is 1.12 bits per heavy atom. The first-order valence-corrected chi connectivity index (χ1v) is 12.5. The quantitative estimate of drug-likeness (QED) is 0.575. The molecule has 1 aliphatic carbocycles. The molecule has 1 amide bonds. The normalized spacial score (nSPS) is 21.9. The minimum Gasteiger partial charge on any atom is -0.474 e. The number of fused-ring (bicyclic) bond motifs is 3. The third-order valence-corrected chi connectivity index (χ3v) is 7.00. The van der Waals surface area contributed by atoms with Gasteiger partial charge >= 0.3 is 0 Å². The Kier molecular flexibility index (Phi) is 6.55. The molecule has 1 saturated carbocycles. The average molecular weight is 480 g/mol. The van der Waals surface area contributed by atoms with Gasteiger partial charge < -0.3 is 10.1 Å². The van der Waals surface area contributed by atoms with Gasteiger partial charge in [0.25, 0.3) is 0 Å². The van der Waals surface area contributed by atoms with E-state index in [1.807, 2.05) is 44.2 Å². The number of halogens is 1. The topological polar surface area (TPSA) is 81.9 Å². The van der Waals surface area contributed by atoms with Gasteiger partial charge in [0.05, 0.1) is 5.69 Å². The van der Waals surface area contributed by atoms with Gasteiger partial charge in [-0.3, -0.25) is 9.36 Å². The van der Waals surface area contributed by atoms with Crippen LogP contribution in [0.25, 0.3) is 5.69 Å². The molecule has 0 saturated heterocycles. The minimum atomic E-state index is -0.0704. The largest absolute Gasteiger partial charge is 0.474 e. The molecule has 7 nitrogen and oxygen atoms in total. The van der Waals surface area contributed by atoms with Crippen molar-refractivity contribution in [2.45, 2.75) is 70.4 Å². The molecule has 3 heterocycles. The standard InChI is InChI=1S/C26H30ClN5O2/c1-16(2)26(33)29-20-14-18-13-19(27)8-11-22(18)32-23(15-20)30-31-25(32)17-6-9-21(10-7-17)34-24-5-3-4-12-28-24/h3-5,8,11-13,16-17,20-21H,6-7,9-10,14-15H2,1-2H3,(H,29,33)/t17-,20-,21-/m0/s1. The molecule has 1 N–H and O–H groups in total. The molecule has 1 atom stereocenters. The summed E-state index contributed by atoms with van der Waals surface area (Å²) in [5.74, 6) is 2.84. The summed E-state index contributed by atoms with van der Waals surface area (Å²) in [6.07, 6.45) is 7.12. The monoisotopic (exact) mass is 479 g/mol. The van der Waals surface area contributed by atoms with Crippen molar-refractivity contribution >= 4 is 17.5 Å². The molecule has 5 rings (SSSR count). The number of nitrogens with zero attached hydrogens (tertiary/aromatic N) is 4. The van der Waals surface area contributed by atoms with Crippen molar-refractivity contribution in [2.75, 3.05) is 0 Å². The summed E-state index contributed by atoms with van der Waals surface area (Å²) in [5.41, 5.74) is 2.17. The van der Waals surface area contributed by atoms with Gasteiger partial charge in [-0.1, -0.05) is 31.5 Å². The van der Waals surface area contributed by atoms with Crippen LogP contribution in [0.1, 0.15) is 62.7 Å². The van der Waals surface area contributed by atoms with Crippen molar-refractivity contribution in [3.63, 3.8) is 0 Å². The molecule has 1 aliphatic heterocycles. The second kappa shape index (κ2) is 9.74. The summed E-state index contributed by atoms with van der Waals surface area (Å²) in [5, 5.41) is 13.1. The number of pyridine rings is 1. The van der Waals surface area contributed by atoms with Gasteiger partial charge in [0.15, 0.2) is 0 Å². The van der Waals surface area contributed by atoms with E-state index < -0.39 is 0 Å². The lowest BCUT2D eigenvalue weighted by Crippen LogP contribution is -2.40. The smallest absolute Gasteiger partial charge is 0.222 e. The molecular weight excluding hydrogens is 450 g/mol. The fraction of sp³-hybridized carbons (Fsp3) is 0.462. The van der Waals surface area contributed by atoms with Crippen LogP contribution in [0.15, 0.2) is 42.6 Å². The van der Waals surface area contributed by atoms with Gasteiger partial charge in [0.2, 0.25) is 11.8 Å². The van der Waals surface area contributed by atoms with Crippen LogP contribution in [0.3, 0.4) is 0 Å². The van der Waals surface area contributed by atoms with Crippen LogP contribution in [-0.4, -0.2) is 37.8 Å². The number of nitrogens with one attached hydrogen (secondary N) is 1. The Labute approximate surface area is 204 Å². The maximum atomic E-state index is 12.4.